The van der Waals surface area contributed by atoms with Gasteiger partial charge in [-0.3, -0.25) is 4.79 Å². The van der Waals surface area contributed by atoms with Crippen LogP contribution in [0.2, 0.25) is 0 Å². The van der Waals surface area contributed by atoms with Gasteiger partial charge in [-0.15, -0.1) is 0 Å². The fraction of sp³-hybridized carbons (Fsp3) is 0.875. The van der Waals surface area contributed by atoms with Gasteiger partial charge in [0, 0.05) is 40.8 Å². The first kappa shape index (κ1) is 16.5. The minimum Gasteiger partial charge on any atom is -0.387 e. The van der Waals surface area contributed by atoms with Gasteiger partial charge in [0.25, 0.3) is 0 Å². The molecule has 0 unspecified atom stereocenters. The second-order valence-corrected chi connectivity index (χ2v) is 2.62. The third-order valence-electron chi connectivity index (χ3n) is 1.42. The molecule has 0 rings (SSSR count). The summed E-state index contributed by atoms with van der Waals surface area (Å²) in [7, 11) is 0. The van der Waals surface area contributed by atoms with E-state index in [0.717, 1.165) is 12.8 Å². The SMILES string of the molecule is NCCCOCCCNC(=O)CO.[W]. The van der Waals surface area contributed by atoms with Crippen LogP contribution in [-0.4, -0.2) is 43.9 Å². The van der Waals surface area contributed by atoms with Crippen LogP contribution in [0.15, 0.2) is 0 Å². The molecule has 0 aliphatic carbocycles. The van der Waals surface area contributed by atoms with Gasteiger partial charge in [-0.25, -0.2) is 0 Å². The van der Waals surface area contributed by atoms with Gasteiger partial charge in [-0.1, -0.05) is 0 Å². The van der Waals surface area contributed by atoms with Gasteiger partial charge in [-0.05, 0) is 19.4 Å². The van der Waals surface area contributed by atoms with E-state index in [9.17, 15) is 4.79 Å². The van der Waals surface area contributed by atoms with Crippen molar-refractivity contribution in [1.82, 2.24) is 5.32 Å². The summed E-state index contributed by atoms with van der Waals surface area (Å²) in [5.41, 5.74) is 5.26. The second kappa shape index (κ2) is 13.0. The molecule has 0 aromatic rings. The molecule has 4 N–H and O–H groups in total. The number of hydrogen-bond acceptors (Lipinski definition) is 4. The maximum Gasteiger partial charge on any atom is 0.245 e. The number of aliphatic hydroxyl groups is 1. The van der Waals surface area contributed by atoms with Crippen molar-refractivity contribution in [2.45, 2.75) is 12.8 Å². The summed E-state index contributed by atoms with van der Waals surface area (Å²) in [5.74, 6) is -0.345. The molecule has 0 aromatic heterocycles. The normalized spacial score (nSPS) is 9.29. The van der Waals surface area contributed by atoms with Crippen molar-refractivity contribution < 1.29 is 35.7 Å². The van der Waals surface area contributed by atoms with Gasteiger partial charge in [0.15, 0.2) is 0 Å². The van der Waals surface area contributed by atoms with Gasteiger partial charge < -0.3 is 20.9 Å². The number of nitrogens with one attached hydrogen (secondary N) is 1. The maximum atomic E-state index is 10.5. The van der Waals surface area contributed by atoms with Crippen LogP contribution in [0.4, 0.5) is 0 Å². The van der Waals surface area contributed by atoms with Crippen LogP contribution >= 0.6 is 0 Å². The van der Waals surface area contributed by atoms with Crippen molar-refractivity contribution in [1.29, 1.82) is 0 Å². The van der Waals surface area contributed by atoms with Crippen LogP contribution in [-0.2, 0) is 30.6 Å². The van der Waals surface area contributed by atoms with E-state index in [1.165, 1.54) is 0 Å². The van der Waals surface area contributed by atoms with Crippen molar-refractivity contribution in [3.63, 3.8) is 0 Å². The minimum atomic E-state index is -0.450. The standard InChI is InChI=1S/C8H18N2O3.W/c9-3-1-5-13-6-2-4-10-8(12)7-11;/h11H,1-7,9H2,(H,10,12);. The van der Waals surface area contributed by atoms with Crippen molar-refractivity contribution >= 4 is 5.91 Å². The van der Waals surface area contributed by atoms with E-state index in [0.29, 0.717) is 26.3 Å². The molecule has 0 aromatic carbocycles. The van der Waals surface area contributed by atoms with Gasteiger partial charge in [0.2, 0.25) is 5.91 Å². The molecular formula is C8H18N2O3W. The van der Waals surface area contributed by atoms with Crippen LogP contribution < -0.4 is 11.1 Å². The number of ether oxygens (including phenoxy) is 1. The number of nitrogens with two attached hydrogens (primary N) is 1. The smallest absolute Gasteiger partial charge is 0.245 e. The van der Waals surface area contributed by atoms with Crippen LogP contribution in [0.5, 0.6) is 0 Å². The summed E-state index contributed by atoms with van der Waals surface area (Å²) < 4.78 is 5.20. The molecule has 0 aliphatic heterocycles. The third kappa shape index (κ3) is 12.0. The Morgan fingerprint density at radius 3 is 2.57 bits per heavy atom. The van der Waals surface area contributed by atoms with Crippen LogP contribution in [0.1, 0.15) is 12.8 Å². The number of hydrogen-bond donors (Lipinski definition) is 3. The van der Waals surface area contributed by atoms with Gasteiger partial charge in [0.1, 0.15) is 6.61 Å². The summed E-state index contributed by atoms with van der Waals surface area (Å²) in [6.45, 7) is 2.02. The van der Waals surface area contributed by atoms with E-state index in [2.05, 4.69) is 5.32 Å². The van der Waals surface area contributed by atoms with E-state index in [4.69, 9.17) is 15.6 Å². The molecule has 6 heteroatoms. The van der Waals surface area contributed by atoms with E-state index in [-0.39, 0.29) is 27.0 Å². The molecule has 14 heavy (non-hydrogen) atoms. The molecule has 0 atom stereocenters. The fourth-order valence-electron chi connectivity index (χ4n) is 0.745. The van der Waals surface area contributed by atoms with Crippen molar-refractivity contribution in [2.24, 2.45) is 5.73 Å². The molecule has 0 bridgehead atoms. The largest absolute Gasteiger partial charge is 0.387 e. The Morgan fingerprint density at radius 1 is 1.36 bits per heavy atom. The van der Waals surface area contributed by atoms with E-state index in [1.54, 1.807) is 0 Å². The van der Waals surface area contributed by atoms with Crippen LogP contribution in [0.25, 0.3) is 0 Å². The topological polar surface area (TPSA) is 84.6 Å². The Hall–Kier alpha value is 0.0383. The first-order valence-corrected chi connectivity index (χ1v) is 4.46. The maximum absolute atomic E-state index is 10.5. The summed E-state index contributed by atoms with van der Waals surface area (Å²) in [5, 5.41) is 10.9. The molecule has 1 amide bonds. The summed E-state index contributed by atoms with van der Waals surface area (Å²) in [4.78, 5) is 10.5. The Labute approximate surface area is 98.6 Å². The molecule has 0 spiro atoms. The van der Waals surface area contributed by atoms with E-state index < -0.39 is 6.61 Å². The molecule has 0 fully saturated rings. The predicted molar refractivity (Wildman–Crippen MR) is 49.2 cm³/mol. The summed E-state index contributed by atoms with van der Waals surface area (Å²) in [6.07, 6.45) is 1.62. The average molecular weight is 374 g/mol. The molecule has 0 aliphatic rings. The zero-order valence-electron chi connectivity index (χ0n) is 8.20. The van der Waals surface area contributed by atoms with Gasteiger partial charge in [0.05, 0.1) is 0 Å². The second-order valence-electron chi connectivity index (χ2n) is 2.62. The van der Waals surface area contributed by atoms with Crippen molar-refractivity contribution in [3.8, 4) is 0 Å². The first-order chi connectivity index (χ1) is 6.31. The molecule has 0 heterocycles. The number of rotatable bonds is 8. The molecule has 84 valence electrons. The minimum absolute atomic E-state index is 0. The Morgan fingerprint density at radius 2 is 2.00 bits per heavy atom. The molecular weight excluding hydrogens is 356 g/mol. The number of aliphatic hydroxyl groups excluding tert-OH is 1. The van der Waals surface area contributed by atoms with Crippen molar-refractivity contribution in [3.05, 3.63) is 0 Å². The zero-order chi connectivity index (χ0) is 9.94. The Kier molecular flexibility index (Phi) is 15.3. The zero-order valence-corrected chi connectivity index (χ0v) is 11.1. The average Bonchev–Trinajstić information content (AvgIpc) is 2.16. The number of carbonyl (C=O) groups is 1. The quantitative estimate of drug-likeness (QED) is 0.469. The number of carbonyl (C=O) groups excluding carboxylic acids is 1. The molecule has 0 radical (unpaired) electrons. The third-order valence-corrected chi connectivity index (χ3v) is 1.42. The summed E-state index contributed by atoms with van der Waals surface area (Å²) in [6, 6.07) is 0. The van der Waals surface area contributed by atoms with E-state index in [1.807, 2.05) is 0 Å². The molecule has 5 nitrogen and oxygen atoms in total. The first-order valence-electron chi connectivity index (χ1n) is 4.46. The monoisotopic (exact) mass is 374 g/mol. The van der Waals surface area contributed by atoms with E-state index >= 15 is 0 Å². The van der Waals surface area contributed by atoms with Gasteiger partial charge in [-0.2, -0.15) is 0 Å². The fourth-order valence-corrected chi connectivity index (χ4v) is 0.745. The van der Waals surface area contributed by atoms with Crippen molar-refractivity contribution in [2.75, 3.05) is 32.9 Å². The molecule has 0 saturated carbocycles. The number of amides is 1. The Balaban J connectivity index is 0. The van der Waals surface area contributed by atoms with Crippen LogP contribution in [0, 0.1) is 0 Å². The van der Waals surface area contributed by atoms with Crippen LogP contribution in [0.3, 0.4) is 0 Å². The molecule has 0 saturated heterocycles. The summed E-state index contributed by atoms with van der Waals surface area (Å²) >= 11 is 0. The predicted octanol–water partition coefficient (Wildman–Crippen LogP) is -1.15. The Bertz CT molecular complexity index is 136. The van der Waals surface area contributed by atoms with Gasteiger partial charge >= 0.3 is 0 Å².